The summed E-state index contributed by atoms with van der Waals surface area (Å²) < 4.78 is 8.96. The van der Waals surface area contributed by atoms with E-state index in [0.717, 1.165) is 0 Å². The van der Waals surface area contributed by atoms with Crippen molar-refractivity contribution in [2.75, 3.05) is 14.2 Å². The molecule has 2 atom stereocenters. The third-order valence-electron chi connectivity index (χ3n) is 2.18. The maximum absolute atomic E-state index is 11.3. The van der Waals surface area contributed by atoms with Gasteiger partial charge in [0.05, 0.1) is 14.2 Å². The van der Waals surface area contributed by atoms with Crippen molar-refractivity contribution in [1.29, 1.82) is 0 Å². The van der Waals surface area contributed by atoms with Gasteiger partial charge in [-0.05, 0) is 12.8 Å². The van der Waals surface area contributed by atoms with Gasteiger partial charge in [0.25, 0.3) is 0 Å². The van der Waals surface area contributed by atoms with E-state index < -0.39 is 23.8 Å². The molecule has 5 heteroatoms. The molecular weight excluding hydrogens is 200 g/mol. The highest BCUT2D eigenvalue weighted by Crippen LogP contribution is 2.18. The molecule has 0 fully saturated rings. The molecule has 0 rings (SSSR count). The molecule has 0 amide bonds. The predicted molar refractivity (Wildman–Crippen MR) is 52.0 cm³/mol. The van der Waals surface area contributed by atoms with Gasteiger partial charge >= 0.3 is 11.9 Å². The number of esters is 2. The van der Waals surface area contributed by atoms with E-state index in [2.05, 4.69) is 9.47 Å². The second-order valence-corrected chi connectivity index (χ2v) is 3.37. The van der Waals surface area contributed by atoms with E-state index in [-0.39, 0.29) is 12.2 Å². The molecule has 5 nitrogen and oxygen atoms in total. The predicted octanol–water partition coefficient (Wildman–Crippen LogP) is 0.564. The first-order valence-corrected chi connectivity index (χ1v) is 4.59. The van der Waals surface area contributed by atoms with Crippen LogP contribution in [0.25, 0.3) is 0 Å². The second-order valence-electron chi connectivity index (χ2n) is 3.37. The lowest BCUT2D eigenvalue weighted by Gasteiger charge is -2.17. The van der Waals surface area contributed by atoms with Crippen LogP contribution in [0.2, 0.25) is 0 Å². The summed E-state index contributed by atoms with van der Waals surface area (Å²) in [6, 6.07) is 0. The minimum absolute atomic E-state index is 0.0237. The Hall–Kier alpha value is -1.39. The Labute approximate surface area is 88.7 Å². The number of carbonyl (C=O) groups is 3. The monoisotopic (exact) mass is 216 g/mol. The van der Waals surface area contributed by atoms with Crippen LogP contribution in [-0.2, 0) is 23.9 Å². The summed E-state index contributed by atoms with van der Waals surface area (Å²) in [5.41, 5.74) is 0. The lowest BCUT2D eigenvalue weighted by Crippen LogP contribution is -2.31. The zero-order valence-corrected chi connectivity index (χ0v) is 9.40. The van der Waals surface area contributed by atoms with Crippen molar-refractivity contribution in [1.82, 2.24) is 0 Å². The number of ketones is 1. The van der Waals surface area contributed by atoms with Crippen LogP contribution in [0.1, 0.15) is 20.3 Å². The fourth-order valence-electron chi connectivity index (χ4n) is 1.39. The first kappa shape index (κ1) is 13.6. The highest BCUT2D eigenvalue weighted by Gasteiger charge is 2.31. The lowest BCUT2D eigenvalue weighted by molar-refractivity contribution is -0.152. The first-order valence-electron chi connectivity index (χ1n) is 4.59. The maximum atomic E-state index is 11.3. The largest absolute Gasteiger partial charge is 0.469 e. The van der Waals surface area contributed by atoms with Gasteiger partial charge in [-0.1, -0.05) is 6.92 Å². The molecule has 0 saturated carbocycles. The van der Waals surface area contributed by atoms with Gasteiger partial charge in [0.1, 0.15) is 11.7 Å². The van der Waals surface area contributed by atoms with Gasteiger partial charge in [-0.2, -0.15) is 0 Å². The molecule has 0 aliphatic carbocycles. The third-order valence-corrected chi connectivity index (χ3v) is 2.18. The molecule has 0 heterocycles. The highest BCUT2D eigenvalue weighted by molar-refractivity contribution is 5.98. The van der Waals surface area contributed by atoms with Crippen LogP contribution in [0.5, 0.6) is 0 Å². The lowest BCUT2D eigenvalue weighted by atomic mass is 9.88. The molecule has 0 saturated heterocycles. The van der Waals surface area contributed by atoms with Crippen LogP contribution in [0.4, 0.5) is 0 Å². The van der Waals surface area contributed by atoms with E-state index in [4.69, 9.17) is 0 Å². The zero-order valence-electron chi connectivity index (χ0n) is 9.40. The zero-order chi connectivity index (χ0) is 12.0. The highest BCUT2D eigenvalue weighted by atomic mass is 16.5. The van der Waals surface area contributed by atoms with Crippen LogP contribution in [0.15, 0.2) is 0 Å². The molecule has 0 aromatic heterocycles. The van der Waals surface area contributed by atoms with Crippen molar-refractivity contribution in [2.24, 2.45) is 11.8 Å². The van der Waals surface area contributed by atoms with Gasteiger partial charge in [-0.3, -0.25) is 14.4 Å². The molecule has 86 valence electrons. The smallest absolute Gasteiger partial charge is 0.316 e. The SMILES string of the molecule is COC(=O)CC(C)[C@H](C(C)=O)C(=O)OC. The summed E-state index contributed by atoms with van der Waals surface area (Å²) >= 11 is 0. The average molecular weight is 216 g/mol. The van der Waals surface area contributed by atoms with Crippen LogP contribution >= 0.6 is 0 Å². The molecule has 0 radical (unpaired) electrons. The Morgan fingerprint density at radius 2 is 1.67 bits per heavy atom. The van der Waals surface area contributed by atoms with Gasteiger partial charge in [0.2, 0.25) is 0 Å². The van der Waals surface area contributed by atoms with Crippen LogP contribution in [0, 0.1) is 11.8 Å². The Balaban J connectivity index is 4.56. The standard InChI is InChI=1S/C10H16O5/c1-6(5-8(12)14-3)9(7(2)11)10(13)15-4/h6,9H,5H2,1-4H3/t6?,9-/m1/s1. The molecule has 0 spiro atoms. The van der Waals surface area contributed by atoms with E-state index in [1.165, 1.54) is 21.1 Å². The first-order chi connectivity index (χ1) is 6.93. The second kappa shape index (κ2) is 6.16. The fourth-order valence-corrected chi connectivity index (χ4v) is 1.39. The van der Waals surface area contributed by atoms with Crippen molar-refractivity contribution in [3.05, 3.63) is 0 Å². The van der Waals surface area contributed by atoms with Gasteiger partial charge in [-0.25, -0.2) is 0 Å². The number of hydrogen-bond acceptors (Lipinski definition) is 5. The Bertz CT molecular complexity index is 259. The number of carbonyl (C=O) groups excluding carboxylic acids is 3. The Kier molecular flexibility index (Phi) is 5.59. The van der Waals surface area contributed by atoms with Gasteiger partial charge in [0, 0.05) is 6.42 Å². The van der Waals surface area contributed by atoms with E-state index in [1.54, 1.807) is 6.92 Å². The summed E-state index contributed by atoms with van der Waals surface area (Å²) in [5, 5.41) is 0. The number of methoxy groups -OCH3 is 2. The number of Topliss-reactive ketones (excluding diaryl/α,β-unsaturated/α-hetero) is 1. The average Bonchev–Trinajstić information content (AvgIpc) is 2.16. The molecule has 0 aliphatic heterocycles. The van der Waals surface area contributed by atoms with Crippen LogP contribution in [0.3, 0.4) is 0 Å². The third kappa shape index (κ3) is 4.10. The van der Waals surface area contributed by atoms with Crippen molar-refractivity contribution in [3.63, 3.8) is 0 Å². The van der Waals surface area contributed by atoms with E-state index >= 15 is 0 Å². The summed E-state index contributed by atoms with van der Waals surface area (Å²) in [5.74, 6) is -2.67. The van der Waals surface area contributed by atoms with Gasteiger partial charge in [-0.15, -0.1) is 0 Å². The minimum Gasteiger partial charge on any atom is -0.469 e. The molecule has 0 N–H and O–H groups in total. The summed E-state index contributed by atoms with van der Waals surface area (Å²) in [7, 11) is 2.47. The van der Waals surface area contributed by atoms with Crippen molar-refractivity contribution >= 4 is 17.7 Å². The van der Waals surface area contributed by atoms with E-state index in [0.29, 0.717) is 0 Å². The van der Waals surface area contributed by atoms with Gasteiger partial charge in [0.15, 0.2) is 0 Å². The van der Waals surface area contributed by atoms with Crippen molar-refractivity contribution in [2.45, 2.75) is 20.3 Å². The summed E-state index contributed by atoms with van der Waals surface area (Å²) in [4.78, 5) is 33.4. The van der Waals surface area contributed by atoms with E-state index in [9.17, 15) is 14.4 Å². The molecule has 1 unspecified atom stereocenters. The number of rotatable bonds is 5. The number of hydrogen-bond donors (Lipinski definition) is 0. The van der Waals surface area contributed by atoms with Crippen LogP contribution in [-0.4, -0.2) is 31.9 Å². The quantitative estimate of drug-likeness (QED) is 0.496. The molecule has 15 heavy (non-hydrogen) atoms. The maximum Gasteiger partial charge on any atom is 0.316 e. The van der Waals surface area contributed by atoms with Gasteiger partial charge < -0.3 is 9.47 Å². The van der Waals surface area contributed by atoms with Crippen LogP contribution < -0.4 is 0 Å². The van der Waals surface area contributed by atoms with Crippen molar-refractivity contribution in [3.8, 4) is 0 Å². The summed E-state index contributed by atoms with van der Waals surface area (Å²) in [6.45, 7) is 2.94. The molecular formula is C10H16O5. The molecule has 0 aromatic rings. The van der Waals surface area contributed by atoms with E-state index in [1.807, 2.05) is 0 Å². The molecule has 0 aliphatic rings. The Morgan fingerprint density at radius 3 is 2.00 bits per heavy atom. The van der Waals surface area contributed by atoms with Crippen molar-refractivity contribution < 1.29 is 23.9 Å². The summed E-state index contributed by atoms with van der Waals surface area (Å²) in [6.07, 6.45) is 0.0237. The topological polar surface area (TPSA) is 69.7 Å². The number of ether oxygens (including phenoxy) is 2. The minimum atomic E-state index is -0.894. The molecule has 0 aromatic carbocycles. The fraction of sp³-hybridized carbons (Fsp3) is 0.700. The Morgan fingerprint density at radius 1 is 1.13 bits per heavy atom. The normalized spacial score (nSPS) is 13.9. The molecule has 0 bridgehead atoms.